The molecule has 18 heavy (non-hydrogen) atoms. The molecule has 1 aromatic heterocycles. The second kappa shape index (κ2) is 5.20. The molecule has 0 bridgehead atoms. The number of hydrogen-bond donors (Lipinski definition) is 2. The third kappa shape index (κ3) is 3.09. The highest BCUT2D eigenvalue weighted by molar-refractivity contribution is 5.89. The molecule has 1 aliphatic carbocycles. The first-order valence-corrected chi connectivity index (χ1v) is 6.06. The molecule has 1 aromatic rings. The molecule has 0 spiro atoms. The molecule has 2 N–H and O–H groups in total. The zero-order valence-corrected chi connectivity index (χ0v) is 10.3. The predicted molar refractivity (Wildman–Crippen MR) is 63.8 cm³/mol. The van der Waals surface area contributed by atoms with Crippen molar-refractivity contribution in [2.24, 2.45) is 18.9 Å². The third-order valence-electron chi connectivity index (χ3n) is 3.14. The lowest BCUT2D eigenvalue weighted by Gasteiger charge is -2.03. The lowest BCUT2D eigenvalue weighted by Crippen LogP contribution is -2.27. The van der Waals surface area contributed by atoms with Crippen LogP contribution in [0.4, 0.5) is 0 Å². The fourth-order valence-electron chi connectivity index (χ4n) is 1.99. The first-order chi connectivity index (χ1) is 8.58. The summed E-state index contributed by atoms with van der Waals surface area (Å²) in [6.45, 7) is 0.580. The van der Waals surface area contributed by atoms with Gasteiger partial charge in [-0.05, 0) is 24.8 Å². The summed E-state index contributed by atoms with van der Waals surface area (Å²) in [6, 6.07) is 0. The topological polar surface area (TPSA) is 84.2 Å². The monoisotopic (exact) mass is 251 g/mol. The smallest absolute Gasteiger partial charge is 0.307 e. The summed E-state index contributed by atoms with van der Waals surface area (Å²) in [6.07, 6.45) is 5.93. The van der Waals surface area contributed by atoms with E-state index in [0.717, 1.165) is 18.4 Å². The van der Waals surface area contributed by atoms with Gasteiger partial charge in [0.15, 0.2) is 0 Å². The number of aliphatic carboxylic acids is 1. The highest BCUT2D eigenvalue weighted by Crippen LogP contribution is 2.38. The van der Waals surface area contributed by atoms with E-state index in [0.29, 0.717) is 13.0 Å². The van der Waals surface area contributed by atoms with Crippen LogP contribution in [0.1, 0.15) is 18.4 Å². The van der Waals surface area contributed by atoms with Gasteiger partial charge >= 0.3 is 5.97 Å². The van der Waals surface area contributed by atoms with Gasteiger partial charge in [-0.15, -0.1) is 0 Å². The van der Waals surface area contributed by atoms with Crippen LogP contribution in [0.25, 0.3) is 0 Å². The van der Waals surface area contributed by atoms with Crippen LogP contribution in [0.15, 0.2) is 12.4 Å². The summed E-state index contributed by atoms with van der Waals surface area (Å²) >= 11 is 0. The summed E-state index contributed by atoms with van der Waals surface area (Å²) < 4.78 is 1.75. The predicted octanol–water partition coefficient (Wildman–Crippen LogP) is 0.190. The first kappa shape index (κ1) is 12.6. The van der Waals surface area contributed by atoms with Gasteiger partial charge in [0.1, 0.15) is 0 Å². The minimum atomic E-state index is -0.870. The molecule has 98 valence electrons. The van der Waals surface area contributed by atoms with Crippen molar-refractivity contribution >= 4 is 11.9 Å². The van der Waals surface area contributed by atoms with E-state index in [9.17, 15) is 9.59 Å². The number of carboxylic acid groups (broad SMARTS) is 1. The molecule has 0 aromatic carbocycles. The van der Waals surface area contributed by atoms with Gasteiger partial charge < -0.3 is 10.4 Å². The molecule has 0 unspecified atom stereocenters. The first-order valence-electron chi connectivity index (χ1n) is 6.06. The number of carboxylic acids is 1. The second-order valence-corrected chi connectivity index (χ2v) is 4.70. The van der Waals surface area contributed by atoms with Crippen molar-refractivity contribution < 1.29 is 14.7 Å². The fourth-order valence-corrected chi connectivity index (χ4v) is 1.99. The zero-order chi connectivity index (χ0) is 13.1. The highest BCUT2D eigenvalue weighted by atomic mass is 16.4. The maximum atomic E-state index is 11.5. The Morgan fingerprint density at radius 1 is 1.56 bits per heavy atom. The van der Waals surface area contributed by atoms with E-state index in [1.54, 1.807) is 4.68 Å². The van der Waals surface area contributed by atoms with Crippen LogP contribution in [0.5, 0.6) is 0 Å². The summed E-state index contributed by atoms with van der Waals surface area (Å²) in [5, 5.41) is 15.5. The average molecular weight is 251 g/mol. The maximum Gasteiger partial charge on any atom is 0.307 e. The molecule has 1 fully saturated rings. The van der Waals surface area contributed by atoms with Gasteiger partial charge in [0.2, 0.25) is 5.91 Å². The zero-order valence-electron chi connectivity index (χ0n) is 10.3. The van der Waals surface area contributed by atoms with Gasteiger partial charge in [0.05, 0.1) is 18.0 Å². The van der Waals surface area contributed by atoms with Gasteiger partial charge in [-0.25, -0.2) is 0 Å². The summed E-state index contributed by atoms with van der Waals surface area (Å²) in [5.41, 5.74) is 1.14. The van der Waals surface area contributed by atoms with Gasteiger partial charge in [-0.1, -0.05) is 0 Å². The van der Waals surface area contributed by atoms with Crippen molar-refractivity contribution in [2.75, 3.05) is 6.54 Å². The average Bonchev–Trinajstić information content (AvgIpc) is 3.03. The van der Waals surface area contributed by atoms with E-state index >= 15 is 0 Å². The van der Waals surface area contributed by atoms with Gasteiger partial charge in [-0.3, -0.25) is 14.3 Å². The van der Waals surface area contributed by atoms with Crippen molar-refractivity contribution in [3.05, 3.63) is 18.0 Å². The molecular weight excluding hydrogens is 234 g/mol. The number of nitrogens with one attached hydrogen (secondary N) is 1. The molecule has 0 radical (unpaired) electrons. The minimum Gasteiger partial charge on any atom is -0.481 e. The third-order valence-corrected chi connectivity index (χ3v) is 3.14. The van der Waals surface area contributed by atoms with E-state index in [2.05, 4.69) is 10.4 Å². The Morgan fingerprint density at radius 2 is 2.33 bits per heavy atom. The molecule has 1 amide bonds. The van der Waals surface area contributed by atoms with Crippen LogP contribution in [0.2, 0.25) is 0 Å². The Balaban J connectivity index is 1.61. The Kier molecular flexibility index (Phi) is 3.64. The van der Waals surface area contributed by atoms with Gasteiger partial charge in [0, 0.05) is 19.8 Å². The van der Waals surface area contributed by atoms with E-state index < -0.39 is 11.9 Å². The molecule has 1 heterocycles. The SMILES string of the molecule is Cn1cc(CCCNC(=O)[C@@H]2C[C@@H]2C(=O)O)cn1. The van der Waals surface area contributed by atoms with Crippen LogP contribution in [0, 0.1) is 11.8 Å². The number of nitrogens with zero attached hydrogens (tertiary/aromatic N) is 2. The molecule has 1 saturated carbocycles. The van der Waals surface area contributed by atoms with Crippen molar-refractivity contribution in [3.8, 4) is 0 Å². The van der Waals surface area contributed by atoms with E-state index in [1.807, 2.05) is 19.4 Å². The molecule has 6 heteroatoms. The van der Waals surface area contributed by atoms with E-state index in [1.165, 1.54) is 0 Å². The van der Waals surface area contributed by atoms with Gasteiger partial charge in [0.25, 0.3) is 0 Å². The molecular formula is C12H17N3O3. The lowest BCUT2D eigenvalue weighted by molar-refractivity contribution is -0.140. The minimum absolute atomic E-state index is 0.131. The molecule has 6 nitrogen and oxygen atoms in total. The number of hydrogen-bond acceptors (Lipinski definition) is 3. The number of rotatable bonds is 6. The number of carbonyl (C=O) groups excluding carboxylic acids is 1. The number of carbonyl (C=O) groups is 2. The van der Waals surface area contributed by atoms with Crippen molar-refractivity contribution in [1.29, 1.82) is 0 Å². The van der Waals surface area contributed by atoms with Gasteiger partial charge in [-0.2, -0.15) is 5.10 Å². The quantitative estimate of drug-likeness (QED) is 0.707. The maximum absolute atomic E-state index is 11.5. The molecule has 1 aliphatic rings. The van der Waals surface area contributed by atoms with Crippen LogP contribution < -0.4 is 5.32 Å². The van der Waals surface area contributed by atoms with Crippen LogP contribution in [0.3, 0.4) is 0 Å². The Labute approximate surface area is 105 Å². The summed E-state index contributed by atoms with van der Waals surface area (Å²) in [4.78, 5) is 22.1. The largest absolute Gasteiger partial charge is 0.481 e. The molecule has 2 atom stereocenters. The van der Waals surface area contributed by atoms with E-state index in [4.69, 9.17) is 5.11 Å². The Bertz CT molecular complexity index is 455. The van der Waals surface area contributed by atoms with Crippen molar-refractivity contribution in [2.45, 2.75) is 19.3 Å². The standard InChI is InChI=1S/C12H17N3O3/c1-15-7-8(6-14-15)3-2-4-13-11(16)9-5-10(9)12(17)18/h6-7,9-10H,2-5H2,1H3,(H,13,16)(H,17,18)/t9-,10+/m1/s1. The van der Waals surface area contributed by atoms with Crippen molar-refractivity contribution in [1.82, 2.24) is 15.1 Å². The molecule has 2 rings (SSSR count). The van der Waals surface area contributed by atoms with Crippen LogP contribution in [-0.4, -0.2) is 33.3 Å². The van der Waals surface area contributed by atoms with Crippen molar-refractivity contribution in [3.63, 3.8) is 0 Å². The Morgan fingerprint density at radius 3 is 2.89 bits per heavy atom. The highest BCUT2D eigenvalue weighted by Gasteiger charge is 2.48. The van der Waals surface area contributed by atoms with E-state index in [-0.39, 0.29) is 11.8 Å². The fraction of sp³-hybridized carbons (Fsp3) is 0.583. The molecule has 0 saturated heterocycles. The summed E-state index contributed by atoms with van der Waals surface area (Å²) in [5.74, 6) is -1.79. The lowest BCUT2D eigenvalue weighted by atomic mass is 10.2. The number of aromatic nitrogens is 2. The van der Waals surface area contributed by atoms with Crippen LogP contribution in [-0.2, 0) is 23.1 Å². The number of aryl methyl sites for hydroxylation is 2. The molecule has 0 aliphatic heterocycles. The second-order valence-electron chi connectivity index (χ2n) is 4.70. The van der Waals surface area contributed by atoms with Crippen LogP contribution >= 0.6 is 0 Å². The summed E-state index contributed by atoms with van der Waals surface area (Å²) in [7, 11) is 1.87. The Hall–Kier alpha value is -1.85. The normalized spacial score (nSPS) is 21.6. The number of amides is 1.